The first-order chi connectivity index (χ1) is 10.1. The molecule has 0 atom stereocenters. The number of carbonyl (C=O) groups is 1. The standard InChI is InChI=1S/C15H14N4O2/c1-9-13(11-4-2-3-7-16-11)19-12-6-5-10(18-14(9)12)8-17-15(20)21/h2-7,17,19H,8H2,1H3,(H,20,21). The maximum Gasteiger partial charge on any atom is 0.404 e. The second-order valence-electron chi connectivity index (χ2n) is 4.70. The van der Waals surface area contributed by atoms with Crippen molar-refractivity contribution < 1.29 is 9.90 Å². The molecule has 0 aliphatic carbocycles. The largest absolute Gasteiger partial charge is 0.465 e. The van der Waals surface area contributed by atoms with Crippen molar-refractivity contribution in [2.24, 2.45) is 0 Å². The topological polar surface area (TPSA) is 90.9 Å². The minimum absolute atomic E-state index is 0.189. The van der Waals surface area contributed by atoms with Crippen LogP contribution in [0.2, 0.25) is 0 Å². The predicted molar refractivity (Wildman–Crippen MR) is 78.9 cm³/mol. The summed E-state index contributed by atoms with van der Waals surface area (Å²) in [5.41, 5.74) is 5.22. The third-order valence-electron chi connectivity index (χ3n) is 3.28. The molecular formula is C15H14N4O2. The van der Waals surface area contributed by atoms with Gasteiger partial charge in [-0.25, -0.2) is 9.78 Å². The van der Waals surface area contributed by atoms with Gasteiger partial charge in [-0.3, -0.25) is 4.98 Å². The lowest BCUT2D eigenvalue weighted by atomic mass is 10.2. The van der Waals surface area contributed by atoms with Crippen LogP contribution in [0, 0.1) is 6.92 Å². The molecule has 6 nitrogen and oxygen atoms in total. The van der Waals surface area contributed by atoms with Crippen LogP contribution in [0.4, 0.5) is 4.79 Å². The van der Waals surface area contributed by atoms with Crippen LogP contribution in [0.1, 0.15) is 11.3 Å². The van der Waals surface area contributed by atoms with Crippen LogP contribution in [-0.2, 0) is 6.54 Å². The molecule has 1 amide bonds. The first-order valence-corrected chi connectivity index (χ1v) is 6.51. The minimum Gasteiger partial charge on any atom is -0.465 e. The highest BCUT2D eigenvalue weighted by Gasteiger charge is 2.12. The zero-order valence-electron chi connectivity index (χ0n) is 11.4. The molecule has 0 radical (unpaired) electrons. The molecule has 21 heavy (non-hydrogen) atoms. The van der Waals surface area contributed by atoms with Gasteiger partial charge in [-0.1, -0.05) is 6.07 Å². The number of pyridine rings is 2. The number of aryl methyl sites for hydroxylation is 1. The number of nitrogens with one attached hydrogen (secondary N) is 2. The quantitative estimate of drug-likeness (QED) is 0.688. The van der Waals surface area contributed by atoms with E-state index in [9.17, 15) is 4.79 Å². The Labute approximate surface area is 120 Å². The molecule has 3 heterocycles. The second-order valence-corrected chi connectivity index (χ2v) is 4.70. The SMILES string of the molecule is Cc1c(-c2ccccn2)[nH]c2ccc(CNC(=O)O)nc12. The van der Waals surface area contributed by atoms with E-state index in [1.54, 1.807) is 12.3 Å². The molecule has 0 aliphatic heterocycles. The number of rotatable bonds is 3. The summed E-state index contributed by atoms with van der Waals surface area (Å²) in [5, 5.41) is 11.0. The van der Waals surface area contributed by atoms with Crippen LogP contribution in [0.3, 0.4) is 0 Å². The van der Waals surface area contributed by atoms with Gasteiger partial charge in [0, 0.05) is 11.8 Å². The molecule has 0 fully saturated rings. The average molecular weight is 282 g/mol. The highest BCUT2D eigenvalue weighted by molar-refractivity contribution is 5.86. The number of fused-ring (bicyclic) bond motifs is 1. The number of carboxylic acid groups (broad SMARTS) is 1. The molecule has 3 aromatic rings. The lowest BCUT2D eigenvalue weighted by Crippen LogP contribution is -2.20. The van der Waals surface area contributed by atoms with Crippen molar-refractivity contribution in [2.45, 2.75) is 13.5 Å². The summed E-state index contributed by atoms with van der Waals surface area (Å²) in [7, 11) is 0. The highest BCUT2D eigenvalue weighted by Crippen LogP contribution is 2.27. The summed E-state index contributed by atoms with van der Waals surface area (Å²) in [6.07, 6.45) is 0.687. The Balaban J connectivity index is 2.02. The van der Waals surface area contributed by atoms with Crippen molar-refractivity contribution in [1.82, 2.24) is 20.3 Å². The van der Waals surface area contributed by atoms with Crippen molar-refractivity contribution in [3.63, 3.8) is 0 Å². The van der Waals surface area contributed by atoms with Gasteiger partial charge in [0.25, 0.3) is 0 Å². The summed E-state index contributed by atoms with van der Waals surface area (Å²) < 4.78 is 0. The van der Waals surface area contributed by atoms with E-state index in [1.807, 2.05) is 31.2 Å². The lowest BCUT2D eigenvalue weighted by Gasteiger charge is -2.01. The Kier molecular flexibility index (Phi) is 3.27. The summed E-state index contributed by atoms with van der Waals surface area (Å²) in [4.78, 5) is 22.7. The molecule has 3 aromatic heterocycles. The van der Waals surface area contributed by atoms with Gasteiger partial charge >= 0.3 is 6.09 Å². The van der Waals surface area contributed by atoms with Gasteiger partial charge in [0.05, 0.1) is 34.7 Å². The highest BCUT2D eigenvalue weighted by atomic mass is 16.4. The fourth-order valence-corrected chi connectivity index (χ4v) is 2.26. The fourth-order valence-electron chi connectivity index (χ4n) is 2.26. The molecular weight excluding hydrogens is 268 g/mol. The molecule has 0 saturated carbocycles. The van der Waals surface area contributed by atoms with Crippen molar-refractivity contribution in [3.05, 3.63) is 47.8 Å². The Morgan fingerprint density at radius 3 is 2.90 bits per heavy atom. The molecule has 0 saturated heterocycles. The van der Waals surface area contributed by atoms with Crippen LogP contribution >= 0.6 is 0 Å². The molecule has 0 unspecified atom stereocenters. The predicted octanol–water partition coefficient (Wildman–Crippen LogP) is 2.70. The van der Waals surface area contributed by atoms with Gasteiger partial charge in [-0.15, -0.1) is 0 Å². The first kappa shape index (κ1) is 13.1. The van der Waals surface area contributed by atoms with Crippen LogP contribution < -0.4 is 5.32 Å². The molecule has 0 bridgehead atoms. The van der Waals surface area contributed by atoms with E-state index in [0.29, 0.717) is 5.69 Å². The molecule has 6 heteroatoms. The monoisotopic (exact) mass is 282 g/mol. The molecule has 0 spiro atoms. The number of nitrogens with zero attached hydrogens (tertiary/aromatic N) is 2. The van der Waals surface area contributed by atoms with Crippen LogP contribution in [-0.4, -0.2) is 26.2 Å². The molecule has 0 aromatic carbocycles. The van der Waals surface area contributed by atoms with E-state index < -0.39 is 6.09 Å². The first-order valence-electron chi connectivity index (χ1n) is 6.51. The normalized spacial score (nSPS) is 10.7. The maximum absolute atomic E-state index is 10.5. The number of hydrogen-bond donors (Lipinski definition) is 3. The Morgan fingerprint density at radius 2 is 2.19 bits per heavy atom. The van der Waals surface area contributed by atoms with Gasteiger partial charge in [0.15, 0.2) is 0 Å². The van der Waals surface area contributed by atoms with E-state index in [-0.39, 0.29) is 6.54 Å². The summed E-state index contributed by atoms with van der Waals surface area (Å²) in [6, 6.07) is 9.44. The third-order valence-corrected chi connectivity index (χ3v) is 3.28. The number of H-pyrrole nitrogens is 1. The van der Waals surface area contributed by atoms with Gasteiger partial charge in [0.1, 0.15) is 0 Å². The Hall–Kier alpha value is -2.89. The van der Waals surface area contributed by atoms with Gasteiger partial charge < -0.3 is 15.4 Å². The number of amides is 1. The van der Waals surface area contributed by atoms with E-state index >= 15 is 0 Å². The number of aromatic amines is 1. The summed E-state index contributed by atoms with van der Waals surface area (Å²) in [6.45, 7) is 2.17. The van der Waals surface area contributed by atoms with Gasteiger partial charge in [0.2, 0.25) is 0 Å². The van der Waals surface area contributed by atoms with Gasteiger partial charge in [-0.05, 0) is 31.2 Å². The van der Waals surface area contributed by atoms with Crippen molar-refractivity contribution >= 4 is 17.1 Å². The van der Waals surface area contributed by atoms with Crippen molar-refractivity contribution in [2.75, 3.05) is 0 Å². The Bertz CT molecular complexity index is 796. The smallest absolute Gasteiger partial charge is 0.404 e. The van der Waals surface area contributed by atoms with E-state index in [1.165, 1.54) is 0 Å². The molecule has 3 N–H and O–H groups in total. The minimum atomic E-state index is -1.06. The molecule has 3 rings (SSSR count). The third kappa shape index (κ3) is 2.55. The maximum atomic E-state index is 10.5. The lowest BCUT2D eigenvalue weighted by molar-refractivity contribution is 0.194. The second kappa shape index (κ2) is 5.24. The van der Waals surface area contributed by atoms with E-state index in [4.69, 9.17) is 5.11 Å². The van der Waals surface area contributed by atoms with E-state index in [0.717, 1.165) is 28.0 Å². The Morgan fingerprint density at radius 1 is 1.33 bits per heavy atom. The van der Waals surface area contributed by atoms with Crippen molar-refractivity contribution in [1.29, 1.82) is 0 Å². The average Bonchev–Trinajstić information content (AvgIpc) is 2.83. The van der Waals surface area contributed by atoms with E-state index in [2.05, 4.69) is 20.3 Å². The number of hydrogen-bond acceptors (Lipinski definition) is 3. The number of aromatic nitrogens is 3. The van der Waals surface area contributed by atoms with Crippen LogP contribution in [0.15, 0.2) is 36.5 Å². The summed E-state index contributed by atoms with van der Waals surface area (Å²) >= 11 is 0. The molecule has 106 valence electrons. The summed E-state index contributed by atoms with van der Waals surface area (Å²) in [5.74, 6) is 0. The molecule has 0 aliphatic rings. The van der Waals surface area contributed by atoms with Gasteiger partial charge in [-0.2, -0.15) is 0 Å². The fraction of sp³-hybridized carbons (Fsp3) is 0.133. The van der Waals surface area contributed by atoms with Crippen molar-refractivity contribution in [3.8, 4) is 11.4 Å². The zero-order chi connectivity index (χ0) is 14.8. The van der Waals surface area contributed by atoms with Crippen LogP contribution in [0.25, 0.3) is 22.4 Å². The zero-order valence-corrected chi connectivity index (χ0v) is 11.4. The van der Waals surface area contributed by atoms with Crippen LogP contribution in [0.5, 0.6) is 0 Å².